The van der Waals surface area contributed by atoms with Crippen molar-refractivity contribution >= 4 is 22.5 Å². The van der Waals surface area contributed by atoms with Gasteiger partial charge in [0.2, 0.25) is 0 Å². The van der Waals surface area contributed by atoms with Crippen LogP contribution in [-0.2, 0) is 0 Å². The first kappa shape index (κ1) is 18.8. The number of hydrogen-bond donors (Lipinski definition) is 2. The number of aryl methyl sites for hydroxylation is 1. The van der Waals surface area contributed by atoms with Gasteiger partial charge in [0.25, 0.3) is 0 Å². The van der Waals surface area contributed by atoms with Gasteiger partial charge in [0.05, 0.1) is 16.7 Å². The number of aromatic nitrogens is 5. The number of nitrogens with one attached hydrogen (secondary N) is 2. The van der Waals surface area contributed by atoms with E-state index in [0.717, 1.165) is 46.8 Å². The SMILES string of the molecule is Cc1c(-c2[nH]c3ccc(N4CC5CCC(C4)N5)nc3c2C(C)C)cn2ncnc2c1C. The second kappa shape index (κ2) is 6.79. The summed E-state index contributed by atoms with van der Waals surface area (Å²) in [5, 5.41) is 8.11. The second-order valence-corrected chi connectivity index (χ2v) is 9.50. The molecule has 2 unspecified atom stereocenters. The van der Waals surface area contributed by atoms with Gasteiger partial charge in [-0.25, -0.2) is 14.5 Å². The summed E-state index contributed by atoms with van der Waals surface area (Å²) in [4.78, 5) is 15.8. The first-order chi connectivity index (χ1) is 15.0. The van der Waals surface area contributed by atoms with Crippen molar-refractivity contribution in [3.8, 4) is 11.3 Å². The van der Waals surface area contributed by atoms with Crippen molar-refractivity contribution in [2.75, 3.05) is 18.0 Å². The molecule has 7 nitrogen and oxygen atoms in total. The molecule has 6 rings (SSSR count). The molecule has 0 radical (unpaired) electrons. The highest BCUT2D eigenvalue weighted by molar-refractivity contribution is 5.90. The molecule has 0 amide bonds. The highest BCUT2D eigenvalue weighted by Crippen LogP contribution is 2.38. The van der Waals surface area contributed by atoms with E-state index in [1.165, 1.54) is 29.5 Å². The van der Waals surface area contributed by atoms with Crippen molar-refractivity contribution in [3.63, 3.8) is 0 Å². The zero-order valence-electron chi connectivity index (χ0n) is 18.6. The number of anilines is 1. The van der Waals surface area contributed by atoms with Crippen LogP contribution in [0.15, 0.2) is 24.7 Å². The minimum Gasteiger partial charge on any atom is -0.353 e. The third-order valence-electron chi connectivity index (χ3n) is 7.18. The lowest BCUT2D eigenvalue weighted by Gasteiger charge is -2.33. The lowest BCUT2D eigenvalue weighted by Crippen LogP contribution is -2.51. The minimum absolute atomic E-state index is 0.344. The summed E-state index contributed by atoms with van der Waals surface area (Å²) in [5.74, 6) is 1.44. The smallest absolute Gasteiger partial charge is 0.158 e. The number of aromatic amines is 1. The Morgan fingerprint density at radius 1 is 1.06 bits per heavy atom. The van der Waals surface area contributed by atoms with Crippen molar-refractivity contribution < 1.29 is 0 Å². The van der Waals surface area contributed by atoms with Crippen LogP contribution in [0.3, 0.4) is 0 Å². The van der Waals surface area contributed by atoms with Gasteiger partial charge >= 0.3 is 0 Å². The Kier molecular flexibility index (Phi) is 4.12. The summed E-state index contributed by atoms with van der Waals surface area (Å²) in [5.41, 5.74) is 9.07. The van der Waals surface area contributed by atoms with E-state index in [1.54, 1.807) is 6.33 Å². The molecule has 2 N–H and O–H groups in total. The van der Waals surface area contributed by atoms with Crippen LogP contribution >= 0.6 is 0 Å². The van der Waals surface area contributed by atoms with Crippen LogP contribution in [0.1, 0.15) is 49.3 Å². The molecule has 0 aliphatic carbocycles. The number of H-pyrrole nitrogens is 1. The summed E-state index contributed by atoms with van der Waals surface area (Å²) >= 11 is 0. The Morgan fingerprint density at radius 2 is 1.84 bits per heavy atom. The maximum absolute atomic E-state index is 5.20. The van der Waals surface area contributed by atoms with E-state index in [2.05, 4.69) is 71.3 Å². The fourth-order valence-electron chi connectivity index (χ4n) is 5.46. The Morgan fingerprint density at radius 3 is 2.58 bits per heavy atom. The minimum atomic E-state index is 0.344. The van der Waals surface area contributed by atoms with Crippen LogP contribution in [0, 0.1) is 13.8 Å². The molecule has 0 aromatic carbocycles. The predicted octanol–water partition coefficient (Wildman–Crippen LogP) is 3.95. The van der Waals surface area contributed by atoms with Crippen molar-refractivity contribution in [3.05, 3.63) is 41.3 Å². The van der Waals surface area contributed by atoms with Gasteiger partial charge in [-0.15, -0.1) is 0 Å². The van der Waals surface area contributed by atoms with E-state index >= 15 is 0 Å². The van der Waals surface area contributed by atoms with E-state index in [-0.39, 0.29) is 0 Å². The maximum atomic E-state index is 5.20. The van der Waals surface area contributed by atoms with Gasteiger partial charge in [-0.05, 0) is 55.9 Å². The van der Waals surface area contributed by atoms with Gasteiger partial charge in [-0.3, -0.25) is 0 Å². The second-order valence-electron chi connectivity index (χ2n) is 9.50. The third kappa shape index (κ3) is 2.86. The molecule has 2 fully saturated rings. The molecule has 0 spiro atoms. The fourth-order valence-corrected chi connectivity index (χ4v) is 5.46. The van der Waals surface area contributed by atoms with E-state index in [4.69, 9.17) is 4.98 Å². The number of fused-ring (bicyclic) bond motifs is 4. The van der Waals surface area contributed by atoms with Gasteiger partial charge in [-0.1, -0.05) is 13.8 Å². The van der Waals surface area contributed by atoms with E-state index in [0.29, 0.717) is 18.0 Å². The number of hydrogen-bond acceptors (Lipinski definition) is 5. The highest BCUT2D eigenvalue weighted by Gasteiger charge is 2.33. The summed E-state index contributed by atoms with van der Waals surface area (Å²) < 4.78 is 1.88. The van der Waals surface area contributed by atoms with Crippen molar-refractivity contribution in [1.82, 2.24) is 29.9 Å². The molecule has 2 bridgehead atoms. The first-order valence-electron chi connectivity index (χ1n) is 11.3. The molecule has 2 aliphatic heterocycles. The number of pyridine rings is 2. The van der Waals surface area contributed by atoms with Crippen LogP contribution in [0.4, 0.5) is 5.82 Å². The zero-order valence-corrected chi connectivity index (χ0v) is 18.6. The molecule has 160 valence electrons. The predicted molar refractivity (Wildman–Crippen MR) is 124 cm³/mol. The molecule has 2 saturated heterocycles. The van der Waals surface area contributed by atoms with E-state index < -0.39 is 0 Å². The van der Waals surface area contributed by atoms with Crippen LogP contribution in [0.2, 0.25) is 0 Å². The molecule has 4 aromatic heterocycles. The van der Waals surface area contributed by atoms with Crippen molar-refractivity contribution in [2.24, 2.45) is 0 Å². The Balaban J connectivity index is 1.51. The lowest BCUT2D eigenvalue weighted by atomic mass is 9.95. The molecule has 0 saturated carbocycles. The van der Waals surface area contributed by atoms with Gasteiger partial charge in [-0.2, -0.15) is 5.10 Å². The monoisotopic (exact) mass is 415 g/mol. The van der Waals surface area contributed by atoms with E-state index in [1.807, 2.05) is 4.52 Å². The maximum Gasteiger partial charge on any atom is 0.158 e. The van der Waals surface area contributed by atoms with Crippen LogP contribution < -0.4 is 10.2 Å². The normalized spacial score (nSPS) is 21.1. The lowest BCUT2D eigenvalue weighted by molar-refractivity contribution is 0.464. The number of nitrogens with zero attached hydrogens (tertiary/aromatic N) is 5. The van der Waals surface area contributed by atoms with Gasteiger partial charge < -0.3 is 15.2 Å². The van der Waals surface area contributed by atoms with E-state index in [9.17, 15) is 0 Å². The van der Waals surface area contributed by atoms with Gasteiger partial charge in [0.1, 0.15) is 12.1 Å². The summed E-state index contributed by atoms with van der Waals surface area (Å²) in [6, 6.07) is 5.58. The Labute approximate surface area is 181 Å². The van der Waals surface area contributed by atoms with Crippen molar-refractivity contribution in [1.29, 1.82) is 0 Å². The van der Waals surface area contributed by atoms with Gasteiger partial charge in [0.15, 0.2) is 5.65 Å². The fraction of sp³-hybridized carbons (Fsp3) is 0.458. The molecule has 31 heavy (non-hydrogen) atoms. The third-order valence-corrected chi connectivity index (χ3v) is 7.18. The first-order valence-corrected chi connectivity index (χ1v) is 11.3. The molecule has 2 aliphatic rings. The topological polar surface area (TPSA) is 74.1 Å². The van der Waals surface area contributed by atoms with Crippen LogP contribution in [0.25, 0.3) is 27.9 Å². The molecule has 2 atom stereocenters. The summed E-state index contributed by atoms with van der Waals surface area (Å²) in [6.45, 7) is 10.9. The largest absolute Gasteiger partial charge is 0.353 e. The average molecular weight is 416 g/mol. The van der Waals surface area contributed by atoms with Crippen LogP contribution in [0.5, 0.6) is 0 Å². The summed E-state index contributed by atoms with van der Waals surface area (Å²) in [7, 11) is 0. The average Bonchev–Trinajstić information content (AvgIpc) is 3.46. The highest BCUT2D eigenvalue weighted by atomic mass is 15.3. The molecule has 4 aromatic rings. The number of rotatable bonds is 3. The Hall–Kier alpha value is -2.93. The van der Waals surface area contributed by atoms with Crippen molar-refractivity contribution in [2.45, 2.75) is 58.5 Å². The molecular formula is C24H29N7. The zero-order chi connectivity index (χ0) is 21.3. The molecule has 6 heterocycles. The standard InChI is InChI=1S/C24H29N7/c1-13(2)21-22(18-11-31-24(25-12-26-31)15(4)14(18)3)28-19-7-8-20(29-23(19)21)30-9-16-5-6-17(10-30)27-16/h7-8,11-13,16-17,27-28H,5-6,9-10H2,1-4H3. The molecular weight excluding hydrogens is 386 g/mol. The Bertz CT molecular complexity index is 1290. The van der Waals surface area contributed by atoms with Gasteiger partial charge in [0, 0.05) is 42.5 Å². The summed E-state index contributed by atoms with van der Waals surface area (Å²) in [6.07, 6.45) is 6.27. The quantitative estimate of drug-likeness (QED) is 0.530. The number of piperazine rings is 1. The van der Waals surface area contributed by atoms with Crippen LogP contribution in [-0.4, -0.2) is 49.7 Å². The molecule has 7 heteroatoms.